The summed E-state index contributed by atoms with van der Waals surface area (Å²) >= 11 is 0. The first-order chi connectivity index (χ1) is 19.0. The highest BCUT2D eigenvalue weighted by Crippen LogP contribution is 2.40. The Morgan fingerprint density at radius 3 is 2.49 bits per heavy atom. The number of halogens is 1. The van der Waals surface area contributed by atoms with Gasteiger partial charge in [0.25, 0.3) is 0 Å². The number of rotatable bonds is 16. The summed E-state index contributed by atoms with van der Waals surface area (Å²) in [6.07, 6.45) is 15.8. The quantitative estimate of drug-likeness (QED) is 0.139. The fourth-order valence-electron chi connectivity index (χ4n) is 5.73. The van der Waals surface area contributed by atoms with Crippen LogP contribution < -0.4 is 0 Å². The third kappa shape index (κ3) is 11.2. The fraction of sp³-hybridized carbons (Fsp3) is 0.839. The third-order valence-electron chi connectivity index (χ3n) is 8.07. The zero-order chi connectivity index (χ0) is 27.9. The van der Waals surface area contributed by atoms with Crippen molar-refractivity contribution in [1.82, 2.24) is 0 Å². The van der Waals surface area contributed by atoms with Crippen LogP contribution >= 0.6 is 0 Å². The van der Waals surface area contributed by atoms with Crippen LogP contribution in [0.4, 0.5) is 4.39 Å². The molecule has 0 bridgehead atoms. The molecule has 2 saturated heterocycles. The van der Waals surface area contributed by atoms with Crippen molar-refractivity contribution in [2.45, 2.75) is 134 Å². The Hall–Kier alpha value is -1.32. The molecule has 0 radical (unpaired) electrons. The number of hydrogen-bond donors (Lipinski definition) is 1. The third-order valence-corrected chi connectivity index (χ3v) is 8.07. The van der Waals surface area contributed by atoms with E-state index in [0.29, 0.717) is 38.9 Å². The predicted octanol–water partition coefficient (Wildman–Crippen LogP) is 6.18. The van der Waals surface area contributed by atoms with Crippen LogP contribution in [0.2, 0.25) is 0 Å². The van der Waals surface area contributed by atoms with Crippen molar-refractivity contribution in [3.63, 3.8) is 0 Å². The Balaban J connectivity index is 1.69. The molecule has 8 heteroatoms. The Morgan fingerprint density at radius 2 is 1.82 bits per heavy atom. The van der Waals surface area contributed by atoms with E-state index in [9.17, 15) is 9.90 Å². The summed E-state index contributed by atoms with van der Waals surface area (Å²) < 4.78 is 44.2. The first kappa shape index (κ1) is 32.2. The summed E-state index contributed by atoms with van der Waals surface area (Å²) in [5.41, 5.74) is 0. The first-order valence-corrected chi connectivity index (χ1v) is 15.3. The van der Waals surface area contributed by atoms with Crippen LogP contribution in [0, 0.1) is 11.8 Å². The van der Waals surface area contributed by atoms with Crippen molar-refractivity contribution in [2.24, 2.45) is 11.8 Å². The molecule has 2 heterocycles. The van der Waals surface area contributed by atoms with Gasteiger partial charge in [0.05, 0.1) is 19.3 Å². The van der Waals surface area contributed by atoms with Gasteiger partial charge in [-0.1, -0.05) is 44.1 Å². The number of hydrogen-bond acceptors (Lipinski definition) is 7. The molecule has 0 spiro atoms. The number of carbonyl (C=O) groups is 1. The van der Waals surface area contributed by atoms with Gasteiger partial charge in [-0.3, -0.25) is 4.79 Å². The molecule has 8 atom stereocenters. The highest BCUT2D eigenvalue weighted by Gasteiger charge is 2.42. The Labute approximate surface area is 234 Å². The van der Waals surface area contributed by atoms with Gasteiger partial charge >= 0.3 is 5.97 Å². The van der Waals surface area contributed by atoms with E-state index in [1.165, 1.54) is 7.11 Å². The molecule has 224 valence electrons. The van der Waals surface area contributed by atoms with Gasteiger partial charge in [-0.05, 0) is 70.1 Å². The lowest BCUT2D eigenvalue weighted by atomic mass is 9.89. The van der Waals surface area contributed by atoms with Gasteiger partial charge in [-0.15, -0.1) is 0 Å². The second-order valence-electron chi connectivity index (χ2n) is 11.1. The van der Waals surface area contributed by atoms with E-state index in [-0.39, 0.29) is 36.5 Å². The van der Waals surface area contributed by atoms with Crippen LogP contribution in [0.5, 0.6) is 0 Å². The molecule has 0 amide bonds. The number of esters is 1. The average Bonchev–Trinajstić information content (AvgIpc) is 3.25. The summed E-state index contributed by atoms with van der Waals surface area (Å²) in [4.78, 5) is 11.3. The molecule has 0 aromatic rings. The van der Waals surface area contributed by atoms with Gasteiger partial charge in [-0.25, -0.2) is 4.39 Å². The molecule has 0 aromatic carbocycles. The van der Waals surface area contributed by atoms with Crippen LogP contribution in [0.15, 0.2) is 24.3 Å². The number of methoxy groups -OCH3 is 1. The van der Waals surface area contributed by atoms with E-state index < -0.39 is 18.4 Å². The van der Waals surface area contributed by atoms with Crippen molar-refractivity contribution >= 4 is 5.97 Å². The standard InChI is InChI=1S/C31H51FO7/c1-3-4-14-25(32)27(38-30-16-9-11-20-36-30)19-18-24-23(13-7-5-6-8-15-29(34)35-2)26(33)22-28(24)39-31-17-10-12-21-37-31/h5,7,18-19,23-28,30-31,33H,3-4,6,8-17,20-22H2,1-2H3/t23-,24-,25?,26+,27-,28-,30?,31?/m1/s1. The maximum absolute atomic E-state index is 15.4. The largest absolute Gasteiger partial charge is 0.469 e. The minimum absolute atomic E-state index is 0.0630. The molecule has 1 N–H and O–H groups in total. The van der Waals surface area contributed by atoms with Crippen molar-refractivity contribution in [3.8, 4) is 0 Å². The number of aliphatic hydroxyl groups is 1. The van der Waals surface area contributed by atoms with E-state index in [4.69, 9.17) is 23.7 Å². The molecular formula is C31H51FO7. The van der Waals surface area contributed by atoms with Crippen LogP contribution in [0.1, 0.15) is 96.8 Å². The van der Waals surface area contributed by atoms with Gasteiger partial charge in [0, 0.05) is 32.0 Å². The Morgan fingerprint density at radius 1 is 1.08 bits per heavy atom. The molecule has 3 rings (SSSR count). The number of ether oxygens (including phenoxy) is 5. The SMILES string of the molecule is CCCCC(F)[C@@H](C=C[C@@H]1[C@@H](CC=CCCCC(=O)OC)[C@@H](O)C[C@H]1OC1CCCCO1)OC1CCCCO1. The van der Waals surface area contributed by atoms with Crippen molar-refractivity contribution in [2.75, 3.05) is 20.3 Å². The van der Waals surface area contributed by atoms with E-state index in [2.05, 4.69) is 19.1 Å². The monoisotopic (exact) mass is 554 g/mol. The Kier molecular flexibility index (Phi) is 15.0. The number of aliphatic hydroxyl groups excluding tert-OH is 1. The van der Waals surface area contributed by atoms with Crippen LogP contribution in [0.25, 0.3) is 0 Å². The van der Waals surface area contributed by atoms with Gasteiger partial charge in [0.1, 0.15) is 12.3 Å². The lowest BCUT2D eigenvalue weighted by molar-refractivity contribution is -0.193. The fourth-order valence-corrected chi connectivity index (χ4v) is 5.73. The van der Waals surface area contributed by atoms with Crippen molar-refractivity contribution in [1.29, 1.82) is 0 Å². The van der Waals surface area contributed by atoms with Gasteiger partial charge in [0.15, 0.2) is 12.6 Å². The van der Waals surface area contributed by atoms with Crippen molar-refractivity contribution in [3.05, 3.63) is 24.3 Å². The van der Waals surface area contributed by atoms with Crippen molar-refractivity contribution < 1.29 is 38.0 Å². The average molecular weight is 555 g/mol. The normalized spacial score (nSPS) is 31.6. The molecule has 7 nitrogen and oxygen atoms in total. The predicted molar refractivity (Wildman–Crippen MR) is 148 cm³/mol. The molecule has 39 heavy (non-hydrogen) atoms. The topological polar surface area (TPSA) is 83.5 Å². The molecule has 0 aromatic heterocycles. The minimum Gasteiger partial charge on any atom is -0.469 e. The highest BCUT2D eigenvalue weighted by atomic mass is 19.1. The first-order valence-electron chi connectivity index (χ1n) is 15.3. The van der Waals surface area contributed by atoms with Crippen LogP contribution in [-0.4, -0.2) is 68.5 Å². The smallest absolute Gasteiger partial charge is 0.305 e. The summed E-state index contributed by atoms with van der Waals surface area (Å²) in [6.45, 7) is 3.40. The molecule has 1 aliphatic carbocycles. The van der Waals surface area contributed by atoms with Gasteiger partial charge in [0.2, 0.25) is 0 Å². The maximum Gasteiger partial charge on any atom is 0.305 e. The molecular weight excluding hydrogens is 503 g/mol. The van der Waals surface area contributed by atoms with E-state index in [0.717, 1.165) is 64.2 Å². The lowest BCUT2D eigenvalue weighted by Gasteiger charge is -2.30. The number of carbonyl (C=O) groups excluding carboxylic acids is 1. The second kappa shape index (κ2) is 18.2. The lowest BCUT2D eigenvalue weighted by Crippen LogP contribution is -2.33. The highest BCUT2D eigenvalue weighted by molar-refractivity contribution is 5.69. The van der Waals surface area contributed by atoms with E-state index in [1.807, 2.05) is 12.2 Å². The molecule has 3 unspecified atom stereocenters. The number of allylic oxidation sites excluding steroid dienone is 2. The summed E-state index contributed by atoms with van der Waals surface area (Å²) in [5, 5.41) is 11.0. The second-order valence-corrected chi connectivity index (χ2v) is 11.1. The van der Waals surface area contributed by atoms with E-state index in [1.54, 1.807) is 0 Å². The van der Waals surface area contributed by atoms with Crippen LogP contribution in [-0.2, 0) is 28.5 Å². The molecule has 3 aliphatic rings. The molecule has 2 aliphatic heterocycles. The number of unbranched alkanes of at least 4 members (excludes halogenated alkanes) is 2. The Bertz CT molecular complexity index is 732. The summed E-state index contributed by atoms with van der Waals surface area (Å²) in [6, 6.07) is 0. The zero-order valence-corrected chi connectivity index (χ0v) is 24.0. The minimum atomic E-state index is -1.12. The van der Waals surface area contributed by atoms with E-state index >= 15 is 4.39 Å². The van der Waals surface area contributed by atoms with Crippen LogP contribution in [0.3, 0.4) is 0 Å². The van der Waals surface area contributed by atoms with Gasteiger partial charge < -0.3 is 28.8 Å². The molecule has 3 fully saturated rings. The number of alkyl halides is 1. The zero-order valence-electron chi connectivity index (χ0n) is 24.0. The molecule has 1 saturated carbocycles. The summed E-state index contributed by atoms with van der Waals surface area (Å²) in [7, 11) is 1.40. The van der Waals surface area contributed by atoms with Gasteiger partial charge in [-0.2, -0.15) is 0 Å². The summed E-state index contributed by atoms with van der Waals surface area (Å²) in [5.74, 6) is -0.362. The maximum atomic E-state index is 15.4.